The number of rotatable bonds is 3. The van der Waals surface area contributed by atoms with E-state index in [-0.39, 0.29) is 10.6 Å². The van der Waals surface area contributed by atoms with Crippen LogP contribution < -0.4 is 5.32 Å². The number of carboxylic acid groups (broad SMARTS) is 1. The van der Waals surface area contributed by atoms with Gasteiger partial charge < -0.3 is 10.4 Å². The average Bonchev–Trinajstić information content (AvgIpc) is 2.63. The van der Waals surface area contributed by atoms with E-state index >= 15 is 0 Å². The van der Waals surface area contributed by atoms with Crippen LogP contribution in [0, 0.1) is 6.92 Å². The van der Waals surface area contributed by atoms with E-state index in [9.17, 15) is 4.79 Å². The number of aromatic nitrogens is 1. The summed E-state index contributed by atoms with van der Waals surface area (Å²) in [5.74, 6) is -1.04. The number of carbonyl (C=O) groups is 1. The highest BCUT2D eigenvalue weighted by Crippen LogP contribution is 2.25. The quantitative estimate of drug-likeness (QED) is 0.894. The molecule has 0 amide bonds. The molecule has 0 radical (unpaired) electrons. The van der Waals surface area contributed by atoms with E-state index in [1.807, 2.05) is 12.3 Å². The molecule has 0 unspecified atom stereocenters. The lowest BCUT2D eigenvalue weighted by Gasteiger charge is -2.04. The Morgan fingerprint density at radius 2 is 2.29 bits per heavy atom. The summed E-state index contributed by atoms with van der Waals surface area (Å²) < 4.78 is 0. The van der Waals surface area contributed by atoms with Crippen molar-refractivity contribution in [2.75, 3.05) is 5.32 Å². The van der Waals surface area contributed by atoms with Gasteiger partial charge in [-0.1, -0.05) is 11.6 Å². The zero-order chi connectivity index (χ0) is 12.4. The molecule has 88 valence electrons. The number of nitrogens with one attached hydrogen (secondary N) is 1. The van der Waals surface area contributed by atoms with Crippen LogP contribution in [0.5, 0.6) is 0 Å². The monoisotopic (exact) mass is 268 g/mol. The van der Waals surface area contributed by atoms with Crippen molar-refractivity contribution in [2.45, 2.75) is 6.92 Å². The zero-order valence-electron chi connectivity index (χ0n) is 8.90. The first-order valence-corrected chi connectivity index (χ1v) is 6.04. The Labute approximate surface area is 107 Å². The topological polar surface area (TPSA) is 62.2 Å². The highest BCUT2D eigenvalue weighted by Gasteiger charge is 2.09. The number of carboxylic acids is 1. The smallest absolute Gasteiger partial charge is 0.337 e. The number of halogens is 1. The summed E-state index contributed by atoms with van der Waals surface area (Å²) in [6.45, 7) is 1.90. The van der Waals surface area contributed by atoms with Crippen molar-refractivity contribution in [1.82, 2.24) is 4.98 Å². The molecule has 0 saturated carbocycles. The molecule has 2 aromatic rings. The summed E-state index contributed by atoms with van der Waals surface area (Å²) in [4.78, 5) is 15.0. The maximum Gasteiger partial charge on any atom is 0.337 e. The third kappa shape index (κ3) is 2.75. The lowest BCUT2D eigenvalue weighted by atomic mass is 10.2. The molecule has 2 rings (SSSR count). The van der Waals surface area contributed by atoms with Gasteiger partial charge in [0, 0.05) is 11.1 Å². The number of thiazole rings is 1. The summed E-state index contributed by atoms with van der Waals surface area (Å²) in [7, 11) is 0. The fraction of sp³-hybridized carbons (Fsp3) is 0.0909. The normalized spacial score (nSPS) is 10.2. The molecule has 0 aliphatic carbocycles. The van der Waals surface area contributed by atoms with Crippen LogP contribution in [0.1, 0.15) is 16.1 Å². The van der Waals surface area contributed by atoms with Crippen LogP contribution >= 0.6 is 22.9 Å². The molecule has 0 spiro atoms. The molecule has 1 heterocycles. The second-order valence-corrected chi connectivity index (χ2v) is 4.68. The predicted octanol–water partition coefficient (Wildman–Crippen LogP) is 3.55. The Balaban J connectivity index is 2.23. The van der Waals surface area contributed by atoms with Gasteiger partial charge in [0.2, 0.25) is 0 Å². The molecule has 0 aliphatic heterocycles. The van der Waals surface area contributed by atoms with E-state index in [0.717, 1.165) is 10.8 Å². The lowest BCUT2D eigenvalue weighted by molar-refractivity contribution is 0.0697. The van der Waals surface area contributed by atoms with Crippen LogP contribution in [0.15, 0.2) is 23.6 Å². The van der Waals surface area contributed by atoms with Gasteiger partial charge in [0.25, 0.3) is 0 Å². The van der Waals surface area contributed by atoms with Gasteiger partial charge >= 0.3 is 5.97 Å². The number of hydrogen-bond acceptors (Lipinski definition) is 4. The molecule has 0 atom stereocenters. The first kappa shape index (κ1) is 11.9. The van der Waals surface area contributed by atoms with Crippen LogP contribution in [0.4, 0.5) is 10.8 Å². The minimum atomic E-state index is -1.04. The first-order valence-electron chi connectivity index (χ1n) is 4.78. The number of aryl methyl sites for hydroxylation is 1. The SMILES string of the molecule is Cc1csc(Nc2ccc(C(=O)O)c(Cl)c2)n1. The molecule has 0 aliphatic rings. The maximum absolute atomic E-state index is 10.8. The maximum atomic E-state index is 10.8. The molecule has 17 heavy (non-hydrogen) atoms. The van der Waals surface area contributed by atoms with Gasteiger partial charge in [0.15, 0.2) is 5.13 Å². The summed E-state index contributed by atoms with van der Waals surface area (Å²) >= 11 is 7.34. The van der Waals surface area contributed by atoms with Crippen LogP contribution in [-0.4, -0.2) is 16.1 Å². The van der Waals surface area contributed by atoms with Gasteiger partial charge in [0.05, 0.1) is 16.3 Å². The summed E-state index contributed by atoms with van der Waals surface area (Å²) in [6.07, 6.45) is 0. The number of nitrogens with zero attached hydrogens (tertiary/aromatic N) is 1. The van der Waals surface area contributed by atoms with Crippen LogP contribution in [0.25, 0.3) is 0 Å². The molecule has 0 fully saturated rings. The summed E-state index contributed by atoms with van der Waals surface area (Å²) in [5.41, 5.74) is 1.74. The highest BCUT2D eigenvalue weighted by atomic mass is 35.5. The number of aromatic carboxylic acids is 1. The average molecular weight is 269 g/mol. The largest absolute Gasteiger partial charge is 0.478 e. The molecule has 6 heteroatoms. The fourth-order valence-corrected chi connectivity index (χ4v) is 2.27. The molecule has 1 aromatic carbocycles. The molecule has 0 saturated heterocycles. The van der Waals surface area contributed by atoms with E-state index in [1.54, 1.807) is 12.1 Å². The molecular formula is C11H9ClN2O2S. The van der Waals surface area contributed by atoms with Crippen LogP contribution in [0.2, 0.25) is 5.02 Å². The third-order valence-corrected chi connectivity index (χ3v) is 3.26. The second kappa shape index (κ2) is 4.73. The number of anilines is 2. The van der Waals surface area contributed by atoms with Crippen molar-refractivity contribution in [1.29, 1.82) is 0 Å². The van der Waals surface area contributed by atoms with Crippen molar-refractivity contribution in [3.8, 4) is 0 Å². The van der Waals surface area contributed by atoms with Gasteiger partial charge in [-0.2, -0.15) is 0 Å². The van der Waals surface area contributed by atoms with Crippen molar-refractivity contribution >= 4 is 39.7 Å². The Morgan fingerprint density at radius 1 is 1.53 bits per heavy atom. The van der Waals surface area contributed by atoms with E-state index in [4.69, 9.17) is 16.7 Å². The molecule has 0 bridgehead atoms. The first-order chi connectivity index (χ1) is 8.06. The Morgan fingerprint density at radius 3 is 2.82 bits per heavy atom. The van der Waals surface area contributed by atoms with E-state index in [1.165, 1.54) is 17.4 Å². The minimum Gasteiger partial charge on any atom is -0.478 e. The molecular weight excluding hydrogens is 260 g/mol. The van der Waals surface area contributed by atoms with Gasteiger partial charge in [-0.25, -0.2) is 9.78 Å². The molecule has 1 aromatic heterocycles. The summed E-state index contributed by atoms with van der Waals surface area (Å²) in [5, 5.41) is 14.8. The Bertz CT molecular complexity index is 568. The highest BCUT2D eigenvalue weighted by molar-refractivity contribution is 7.13. The Kier molecular flexibility index (Phi) is 3.31. The summed E-state index contributed by atoms with van der Waals surface area (Å²) in [6, 6.07) is 4.70. The molecule has 2 N–H and O–H groups in total. The van der Waals surface area contributed by atoms with E-state index in [0.29, 0.717) is 5.69 Å². The van der Waals surface area contributed by atoms with Crippen LogP contribution in [-0.2, 0) is 0 Å². The van der Waals surface area contributed by atoms with Gasteiger partial charge in [-0.15, -0.1) is 11.3 Å². The van der Waals surface area contributed by atoms with Crippen LogP contribution in [0.3, 0.4) is 0 Å². The van der Waals surface area contributed by atoms with Crippen molar-refractivity contribution in [3.05, 3.63) is 39.9 Å². The minimum absolute atomic E-state index is 0.0903. The number of hydrogen-bond donors (Lipinski definition) is 2. The third-order valence-electron chi connectivity index (χ3n) is 2.07. The van der Waals surface area contributed by atoms with E-state index < -0.39 is 5.97 Å². The van der Waals surface area contributed by atoms with Gasteiger partial charge in [-0.3, -0.25) is 0 Å². The number of benzene rings is 1. The fourth-order valence-electron chi connectivity index (χ4n) is 1.30. The van der Waals surface area contributed by atoms with Gasteiger partial charge in [-0.05, 0) is 25.1 Å². The van der Waals surface area contributed by atoms with Crippen molar-refractivity contribution in [2.24, 2.45) is 0 Å². The second-order valence-electron chi connectivity index (χ2n) is 3.42. The lowest BCUT2D eigenvalue weighted by Crippen LogP contribution is -1.98. The van der Waals surface area contributed by atoms with Gasteiger partial charge in [0.1, 0.15) is 0 Å². The van der Waals surface area contributed by atoms with Crippen molar-refractivity contribution < 1.29 is 9.90 Å². The molecule has 4 nitrogen and oxygen atoms in total. The standard InChI is InChI=1S/C11H9ClN2O2S/c1-6-5-17-11(13-6)14-7-2-3-8(10(15)16)9(12)4-7/h2-5H,1H3,(H,13,14)(H,15,16). The van der Waals surface area contributed by atoms with E-state index in [2.05, 4.69) is 10.3 Å². The predicted molar refractivity (Wildman–Crippen MR) is 68.5 cm³/mol. The zero-order valence-corrected chi connectivity index (χ0v) is 10.5. The van der Waals surface area contributed by atoms with Crippen molar-refractivity contribution in [3.63, 3.8) is 0 Å². The Hall–Kier alpha value is -1.59.